The molecule has 1 aromatic rings. The minimum Gasteiger partial charge on any atom is -0.387 e. The number of rotatable bonds is 1. The van der Waals surface area contributed by atoms with Crippen LogP contribution in [-0.4, -0.2) is 39.6 Å². The lowest BCUT2D eigenvalue weighted by atomic mass is 10.2. The van der Waals surface area contributed by atoms with Crippen LogP contribution in [0.3, 0.4) is 0 Å². The number of nitrogen functional groups attached to an aromatic ring is 1. The van der Waals surface area contributed by atoms with Crippen LogP contribution in [0.2, 0.25) is 0 Å². The number of anilines is 1. The third-order valence-electron chi connectivity index (χ3n) is 2.89. The molecule has 86 valence electrons. The molecule has 2 fully saturated rings. The Balaban J connectivity index is 1.97. The van der Waals surface area contributed by atoms with Crippen molar-refractivity contribution < 1.29 is 14.6 Å². The van der Waals surface area contributed by atoms with Crippen molar-refractivity contribution in [3.8, 4) is 0 Å². The molecule has 3 rings (SSSR count). The molecule has 7 heteroatoms. The second-order valence-corrected chi connectivity index (χ2v) is 3.90. The Hall–Kier alpha value is -1.44. The smallest absolute Gasteiger partial charge is 0.351 e. The van der Waals surface area contributed by atoms with E-state index in [0.29, 0.717) is 6.61 Å². The van der Waals surface area contributed by atoms with Gasteiger partial charge in [0.25, 0.3) is 0 Å². The normalized spacial score (nSPS) is 36.8. The molecule has 16 heavy (non-hydrogen) atoms. The average molecular weight is 225 g/mol. The molecule has 0 saturated carbocycles. The third-order valence-corrected chi connectivity index (χ3v) is 2.89. The zero-order valence-electron chi connectivity index (χ0n) is 8.31. The van der Waals surface area contributed by atoms with Crippen molar-refractivity contribution in [2.24, 2.45) is 0 Å². The van der Waals surface area contributed by atoms with Gasteiger partial charge in [0.05, 0.1) is 6.61 Å². The first-order chi connectivity index (χ1) is 7.66. The molecule has 4 unspecified atom stereocenters. The number of nitrogens with two attached hydrogens (primary N) is 1. The molecule has 2 aliphatic rings. The molecule has 0 radical (unpaired) electrons. The van der Waals surface area contributed by atoms with Gasteiger partial charge in [-0.1, -0.05) is 0 Å². The van der Waals surface area contributed by atoms with Crippen molar-refractivity contribution in [1.82, 2.24) is 9.55 Å². The van der Waals surface area contributed by atoms with Gasteiger partial charge in [-0.05, 0) is 6.07 Å². The maximum atomic E-state index is 11.6. The molecule has 0 aliphatic carbocycles. The lowest BCUT2D eigenvalue weighted by Crippen LogP contribution is -2.35. The minimum absolute atomic E-state index is 0.158. The number of fused-ring (bicyclic) bond motifs is 2. The van der Waals surface area contributed by atoms with Crippen LogP contribution in [0.15, 0.2) is 17.1 Å². The first kappa shape index (κ1) is 9.76. The van der Waals surface area contributed by atoms with Gasteiger partial charge in [-0.15, -0.1) is 0 Å². The molecular formula is C9H11N3O4. The number of nitrogens with zero attached hydrogens (tertiary/aromatic N) is 2. The van der Waals surface area contributed by atoms with Crippen LogP contribution in [-0.2, 0) is 9.47 Å². The summed E-state index contributed by atoms with van der Waals surface area (Å²) in [5.74, 6) is 0.158. The van der Waals surface area contributed by atoms with Crippen LogP contribution in [0.1, 0.15) is 6.23 Å². The zero-order valence-corrected chi connectivity index (χ0v) is 8.31. The van der Waals surface area contributed by atoms with Gasteiger partial charge in [0.15, 0.2) is 6.23 Å². The summed E-state index contributed by atoms with van der Waals surface area (Å²) >= 11 is 0. The highest BCUT2D eigenvalue weighted by Gasteiger charge is 2.51. The molecule has 1 aromatic heterocycles. The van der Waals surface area contributed by atoms with Gasteiger partial charge in [0, 0.05) is 6.20 Å². The SMILES string of the molecule is Nc1ccn(C2OC3COC2C3O)c(=O)n1. The second-order valence-electron chi connectivity index (χ2n) is 3.90. The number of ether oxygens (including phenoxy) is 2. The molecule has 2 aliphatic heterocycles. The minimum atomic E-state index is -0.686. The van der Waals surface area contributed by atoms with Crippen molar-refractivity contribution in [1.29, 1.82) is 0 Å². The first-order valence-corrected chi connectivity index (χ1v) is 4.96. The van der Waals surface area contributed by atoms with E-state index in [4.69, 9.17) is 15.2 Å². The van der Waals surface area contributed by atoms with E-state index in [-0.39, 0.29) is 11.9 Å². The molecule has 0 spiro atoms. The number of aromatic nitrogens is 2. The third kappa shape index (κ3) is 1.26. The van der Waals surface area contributed by atoms with Crippen molar-refractivity contribution in [3.63, 3.8) is 0 Å². The lowest BCUT2D eigenvalue weighted by molar-refractivity contribution is -0.128. The number of aliphatic hydroxyl groups is 1. The second kappa shape index (κ2) is 3.27. The van der Waals surface area contributed by atoms with E-state index in [1.807, 2.05) is 0 Å². The number of hydrogen-bond acceptors (Lipinski definition) is 6. The van der Waals surface area contributed by atoms with E-state index in [9.17, 15) is 9.90 Å². The fourth-order valence-corrected chi connectivity index (χ4v) is 2.09. The number of aliphatic hydroxyl groups excluding tert-OH is 1. The standard InChI is InChI=1S/C9H11N3O4/c10-5-1-2-12(9(14)11-5)8-7-6(13)4(16-8)3-15-7/h1-2,4,6-8,13H,3H2,(H2,10,11,14). The Bertz CT molecular complexity index is 474. The van der Waals surface area contributed by atoms with Gasteiger partial charge in [-0.2, -0.15) is 4.98 Å². The first-order valence-electron chi connectivity index (χ1n) is 4.96. The lowest BCUT2D eigenvalue weighted by Gasteiger charge is -2.23. The Morgan fingerprint density at radius 3 is 3.00 bits per heavy atom. The quantitative estimate of drug-likeness (QED) is 0.602. The fourth-order valence-electron chi connectivity index (χ4n) is 2.09. The predicted molar refractivity (Wildman–Crippen MR) is 52.6 cm³/mol. The highest BCUT2D eigenvalue weighted by Crippen LogP contribution is 2.36. The summed E-state index contributed by atoms with van der Waals surface area (Å²) in [4.78, 5) is 15.2. The zero-order chi connectivity index (χ0) is 11.3. The molecule has 0 amide bonds. The van der Waals surface area contributed by atoms with Gasteiger partial charge >= 0.3 is 5.69 Å². The molecule has 4 atom stereocenters. The molecule has 7 nitrogen and oxygen atoms in total. The van der Waals surface area contributed by atoms with E-state index in [0.717, 1.165) is 0 Å². The van der Waals surface area contributed by atoms with Gasteiger partial charge in [-0.25, -0.2) is 4.79 Å². The summed E-state index contributed by atoms with van der Waals surface area (Å²) in [5, 5.41) is 9.70. The molecule has 3 N–H and O–H groups in total. The van der Waals surface area contributed by atoms with Crippen molar-refractivity contribution >= 4 is 5.82 Å². The van der Waals surface area contributed by atoms with Crippen molar-refractivity contribution in [2.75, 3.05) is 12.3 Å². The number of hydrogen-bond donors (Lipinski definition) is 2. The Morgan fingerprint density at radius 2 is 2.44 bits per heavy atom. The summed E-state index contributed by atoms with van der Waals surface area (Å²) in [6.45, 7) is 0.361. The highest BCUT2D eigenvalue weighted by atomic mass is 16.6. The van der Waals surface area contributed by atoms with Crippen LogP contribution in [0, 0.1) is 0 Å². The Kier molecular flexibility index (Phi) is 2.00. The molecule has 3 heterocycles. The predicted octanol–water partition coefficient (Wildman–Crippen LogP) is -1.52. The van der Waals surface area contributed by atoms with Crippen LogP contribution in [0.25, 0.3) is 0 Å². The van der Waals surface area contributed by atoms with E-state index >= 15 is 0 Å². The maximum absolute atomic E-state index is 11.6. The summed E-state index contributed by atoms with van der Waals surface area (Å²) in [6.07, 6.45) is -0.678. The van der Waals surface area contributed by atoms with E-state index in [2.05, 4.69) is 4.98 Å². The van der Waals surface area contributed by atoms with Crippen molar-refractivity contribution in [2.45, 2.75) is 24.5 Å². The molecular weight excluding hydrogens is 214 g/mol. The van der Waals surface area contributed by atoms with Gasteiger partial charge < -0.3 is 20.3 Å². The van der Waals surface area contributed by atoms with Crippen LogP contribution >= 0.6 is 0 Å². The average Bonchev–Trinajstić information content (AvgIpc) is 2.74. The van der Waals surface area contributed by atoms with Crippen LogP contribution in [0.5, 0.6) is 0 Å². The summed E-state index contributed by atoms with van der Waals surface area (Å²) in [6, 6.07) is 1.50. The molecule has 0 aromatic carbocycles. The van der Waals surface area contributed by atoms with Gasteiger partial charge in [0.2, 0.25) is 0 Å². The fraction of sp³-hybridized carbons (Fsp3) is 0.556. The molecule has 2 saturated heterocycles. The van der Waals surface area contributed by atoms with E-state index < -0.39 is 24.1 Å². The topological polar surface area (TPSA) is 99.6 Å². The summed E-state index contributed by atoms with van der Waals surface area (Å²) in [5.41, 5.74) is 4.88. The maximum Gasteiger partial charge on any atom is 0.351 e. The van der Waals surface area contributed by atoms with Crippen LogP contribution in [0.4, 0.5) is 5.82 Å². The van der Waals surface area contributed by atoms with Gasteiger partial charge in [0.1, 0.15) is 24.1 Å². The van der Waals surface area contributed by atoms with E-state index in [1.165, 1.54) is 16.8 Å². The Morgan fingerprint density at radius 1 is 1.62 bits per heavy atom. The van der Waals surface area contributed by atoms with Crippen LogP contribution < -0.4 is 11.4 Å². The largest absolute Gasteiger partial charge is 0.387 e. The highest BCUT2D eigenvalue weighted by molar-refractivity contribution is 5.23. The monoisotopic (exact) mass is 225 g/mol. The van der Waals surface area contributed by atoms with E-state index in [1.54, 1.807) is 0 Å². The van der Waals surface area contributed by atoms with Gasteiger partial charge in [-0.3, -0.25) is 4.57 Å². The molecule has 2 bridgehead atoms. The summed E-state index contributed by atoms with van der Waals surface area (Å²) in [7, 11) is 0. The Labute approximate surface area is 90.4 Å². The summed E-state index contributed by atoms with van der Waals surface area (Å²) < 4.78 is 12.1. The van der Waals surface area contributed by atoms with Crippen molar-refractivity contribution in [3.05, 3.63) is 22.7 Å².